The van der Waals surface area contributed by atoms with Crippen molar-refractivity contribution in [2.45, 2.75) is 26.2 Å². The van der Waals surface area contributed by atoms with E-state index in [0.29, 0.717) is 6.42 Å². The zero-order valence-corrected chi connectivity index (χ0v) is 18.1. The lowest BCUT2D eigenvalue weighted by Gasteiger charge is -2.28. The van der Waals surface area contributed by atoms with Crippen molar-refractivity contribution in [3.05, 3.63) is 59.7 Å². The number of ether oxygens (including phenoxy) is 1. The van der Waals surface area contributed by atoms with Crippen LogP contribution in [-0.4, -0.2) is 54.7 Å². The van der Waals surface area contributed by atoms with Crippen LogP contribution in [0.15, 0.2) is 48.5 Å². The summed E-state index contributed by atoms with van der Waals surface area (Å²) in [7, 11) is 1.46. The molecule has 2 amide bonds. The van der Waals surface area contributed by atoms with Crippen LogP contribution >= 0.6 is 0 Å². The molecule has 0 saturated carbocycles. The van der Waals surface area contributed by atoms with Gasteiger partial charge in [-0.1, -0.05) is 62.4 Å². The lowest BCUT2D eigenvalue weighted by molar-refractivity contribution is -0.147. The van der Waals surface area contributed by atoms with Crippen LogP contribution in [0.1, 0.15) is 37.3 Å². The van der Waals surface area contributed by atoms with Crippen LogP contribution in [0.4, 0.5) is 4.79 Å². The normalized spacial score (nSPS) is 12.6. The highest BCUT2D eigenvalue weighted by Crippen LogP contribution is 2.44. The lowest BCUT2D eigenvalue weighted by atomic mass is 9.87. The van der Waals surface area contributed by atoms with Crippen molar-refractivity contribution < 1.29 is 24.2 Å². The number of rotatable bonds is 8. The number of aliphatic carboxylic acids is 1. The first-order valence-corrected chi connectivity index (χ1v) is 10.3. The van der Waals surface area contributed by atoms with Crippen molar-refractivity contribution >= 4 is 18.0 Å². The fourth-order valence-corrected chi connectivity index (χ4v) is 4.02. The van der Waals surface area contributed by atoms with E-state index >= 15 is 0 Å². The van der Waals surface area contributed by atoms with Gasteiger partial charge in [0.1, 0.15) is 13.2 Å². The molecule has 2 aromatic rings. The Morgan fingerprint density at radius 3 is 2.13 bits per heavy atom. The molecular weight excluding hydrogens is 396 g/mol. The van der Waals surface area contributed by atoms with Crippen LogP contribution in [0, 0.1) is 5.41 Å². The Morgan fingerprint density at radius 2 is 1.58 bits per heavy atom. The molecule has 0 saturated heterocycles. The van der Waals surface area contributed by atoms with E-state index in [-0.39, 0.29) is 31.5 Å². The minimum Gasteiger partial charge on any atom is -0.480 e. The van der Waals surface area contributed by atoms with E-state index in [9.17, 15) is 14.4 Å². The molecule has 7 nitrogen and oxygen atoms in total. The van der Waals surface area contributed by atoms with Gasteiger partial charge >= 0.3 is 12.1 Å². The second-order valence-electron chi connectivity index (χ2n) is 8.44. The summed E-state index contributed by atoms with van der Waals surface area (Å²) in [6.45, 7) is 3.57. The van der Waals surface area contributed by atoms with Crippen LogP contribution in [0.5, 0.6) is 0 Å². The van der Waals surface area contributed by atoms with Gasteiger partial charge in [0.15, 0.2) is 0 Å². The van der Waals surface area contributed by atoms with Gasteiger partial charge in [0.2, 0.25) is 5.91 Å². The molecule has 0 radical (unpaired) electrons. The minimum atomic E-state index is -1.07. The van der Waals surface area contributed by atoms with Gasteiger partial charge in [0, 0.05) is 24.9 Å². The maximum atomic E-state index is 12.4. The SMILES string of the molecule is CN(CC(=O)O)C(=O)C(C)(C)CCNC(=O)OCC1c2ccccc2-c2ccccc21. The van der Waals surface area contributed by atoms with E-state index in [2.05, 4.69) is 29.6 Å². The predicted molar refractivity (Wildman–Crippen MR) is 117 cm³/mol. The summed E-state index contributed by atoms with van der Waals surface area (Å²) in [5.41, 5.74) is 3.81. The number of hydrogen-bond acceptors (Lipinski definition) is 4. The third-order valence-corrected chi connectivity index (χ3v) is 5.66. The van der Waals surface area contributed by atoms with Crippen molar-refractivity contribution in [1.29, 1.82) is 0 Å². The Hall–Kier alpha value is -3.35. The summed E-state index contributed by atoms with van der Waals surface area (Å²) < 4.78 is 5.49. The average Bonchev–Trinajstić information content (AvgIpc) is 3.05. The highest BCUT2D eigenvalue weighted by atomic mass is 16.5. The lowest BCUT2D eigenvalue weighted by Crippen LogP contribution is -2.42. The number of carbonyl (C=O) groups excluding carboxylic acids is 2. The number of nitrogens with zero attached hydrogens (tertiary/aromatic N) is 1. The molecule has 0 spiro atoms. The van der Waals surface area contributed by atoms with Crippen LogP contribution in [0.2, 0.25) is 0 Å². The summed E-state index contributed by atoms with van der Waals surface area (Å²) in [6.07, 6.45) is -0.177. The van der Waals surface area contributed by atoms with Crippen molar-refractivity contribution in [3.63, 3.8) is 0 Å². The molecule has 0 fully saturated rings. The summed E-state index contributed by atoms with van der Waals surface area (Å²) in [6, 6.07) is 16.2. The molecule has 0 atom stereocenters. The Kier molecular flexibility index (Phi) is 6.63. The maximum Gasteiger partial charge on any atom is 0.407 e. The van der Waals surface area contributed by atoms with Gasteiger partial charge in [-0.15, -0.1) is 0 Å². The second-order valence-corrected chi connectivity index (χ2v) is 8.44. The molecule has 0 heterocycles. The summed E-state index contributed by atoms with van der Waals surface area (Å²) >= 11 is 0. The summed E-state index contributed by atoms with van der Waals surface area (Å²) in [5, 5.41) is 11.5. The first kappa shape index (κ1) is 22.3. The van der Waals surface area contributed by atoms with E-state index < -0.39 is 17.5 Å². The number of hydrogen-bond donors (Lipinski definition) is 2. The number of benzene rings is 2. The number of alkyl carbamates (subject to hydrolysis) is 1. The molecule has 3 rings (SSSR count). The summed E-state index contributed by atoms with van der Waals surface area (Å²) in [5.74, 6) is -1.37. The second kappa shape index (κ2) is 9.20. The van der Waals surface area contributed by atoms with Gasteiger partial charge < -0.3 is 20.1 Å². The quantitative estimate of drug-likeness (QED) is 0.676. The number of nitrogens with one attached hydrogen (secondary N) is 1. The molecule has 0 aromatic heterocycles. The average molecular weight is 424 g/mol. The third kappa shape index (κ3) is 5.05. The van der Waals surface area contributed by atoms with Gasteiger partial charge in [-0.05, 0) is 28.7 Å². The zero-order chi connectivity index (χ0) is 22.6. The van der Waals surface area contributed by atoms with Crippen LogP contribution in [0.3, 0.4) is 0 Å². The van der Waals surface area contributed by atoms with Crippen LogP contribution in [0.25, 0.3) is 11.1 Å². The number of carbonyl (C=O) groups is 3. The fraction of sp³-hybridized carbons (Fsp3) is 0.375. The van der Waals surface area contributed by atoms with Crippen molar-refractivity contribution in [2.24, 2.45) is 5.41 Å². The first-order valence-electron chi connectivity index (χ1n) is 10.3. The first-order chi connectivity index (χ1) is 14.7. The Labute approximate surface area is 182 Å². The molecule has 1 aliphatic rings. The highest BCUT2D eigenvalue weighted by molar-refractivity contribution is 5.85. The van der Waals surface area contributed by atoms with E-state index in [1.807, 2.05) is 24.3 Å². The largest absolute Gasteiger partial charge is 0.480 e. The number of fused-ring (bicyclic) bond motifs is 3. The molecular formula is C24H28N2O5. The van der Waals surface area contributed by atoms with Gasteiger partial charge in [-0.3, -0.25) is 9.59 Å². The number of amides is 2. The Morgan fingerprint density at radius 1 is 1.03 bits per heavy atom. The zero-order valence-electron chi connectivity index (χ0n) is 18.1. The Bertz CT molecular complexity index is 940. The molecule has 0 aliphatic heterocycles. The van der Waals surface area contributed by atoms with Crippen molar-refractivity contribution in [3.8, 4) is 11.1 Å². The van der Waals surface area contributed by atoms with E-state index in [0.717, 1.165) is 22.3 Å². The van der Waals surface area contributed by atoms with Gasteiger partial charge in [-0.2, -0.15) is 0 Å². The highest BCUT2D eigenvalue weighted by Gasteiger charge is 2.31. The third-order valence-electron chi connectivity index (χ3n) is 5.66. The van der Waals surface area contributed by atoms with Crippen LogP contribution in [-0.2, 0) is 14.3 Å². The van der Waals surface area contributed by atoms with E-state index in [1.54, 1.807) is 13.8 Å². The molecule has 2 N–H and O–H groups in total. The molecule has 164 valence electrons. The Balaban J connectivity index is 1.52. The predicted octanol–water partition coefficient (Wildman–Crippen LogP) is 3.48. The molecule has 7 heteroatoms. The smallest absolute Gasteiger partial charge is 0.407 e. The van der Waals surface area contributed by atoms with Gasteiger partial charge in [0.25, 0.3) is 0 Å². The van der Waals surface area contributed by atoms with Gasteiger partial charge in [-0.25, -0.2) is 4.79 Å². The monoisotopic (exact) mass is 424 g/mol. The standard InChI is InChI=1S/C24H28N2O5/c1-24(2,22(29)26(3)14-21(27)28)12-13-25-23(30)31-15-20-18-10-6-4-8-16(18)17-9-5-7-11-19(17)20/h4-11,20H,12-15H2,1-3H3,(H,25,30)(H,27,28). The van der Waals surface area contributed by atoms with E-state index in [1.165, 1.54) is 11.9 Å². The molecule has 0 unspecified atom stereocenters. The molecule has 31 heavy (non-hydrogen) atoms. The topological polar surface area (TPSA) is 95.9 Å². The fourth-order valence-electron chi connectivity index (χ4n) is 4.02. The molecule has 0 bridgehead atoms. The molecule has 1 aliphatic carbocycles. The van der Waals surface area contributed by atoms with Crippen molar-refractivity contribution in [1.82, 2.24) is 10.2 Å². The van der Waals surface area contributed by atoms with Crippen molar-refractivity contribution in [2.75, 3.05) is 26.7 Å². The number of likely N-dealkylation sites (N-methyl/N-ethyl adjacent to an activating group) is 1. The van der Waals surface area contributed by atoms with E-state index in [4.69, 9.17) is 9.84 Å². The number of carboxylic acid groups (broad SMARTS) is 1. The maximum absolute atomic E-state index is 12.4. The summed E-state index contributed by atoms with van der Waals surface area (Å²) in [4.78, 5) is 36.7. The van der Waals surface area contributed by atoms with Crippen LogP contribution < -0.4 is 5.32 Å². The van der Waals surface area contributed by atoms with Gasteiger partial charge in [0.05, 0.1) is 0 Å². The molecule has 2 aromatic carbocycles. The minimum absolute atomic E-state index is 0.0131. The number of carboxylic acids is 1.